The lowest BCUT2D eigenvalue weighted by Crippen LogP contribution is -2.48. The van der Waals surface area contributed by atoms with Gasteiger partial charge in [-0.25, -0.2) is 9.97 Å². The summed E-state index contributed by atoms with van der Waals surface area (Å²) in [7, 11) is 1.62. The van der Waals surface area contributed by atoms with Crippen molar-refractivity contribution in [3.05, 3.63) is 59.9 Å². The van der Waals surface area contributed by atoms with E-state index in [9.17, 15) is 4.79 Å². The van der Waals surface area contributed by atoms with Crippen molar-refractivity contribution in [1.82, 2.24) is 15.3 Å². The normalized spacial score (nSPS) is 18.8. The van der Waals surface area contributed by atoms with Gasteiger partial charge in [-0.1, -0.05) is 12.6 Å². The molecule has 0 bridgehead atoms. The molecule has 33 heavy (non-hydrogen) atoms. The number of aryl methyl sites for hydroxylation is 1. The second-order valence-electron chi connectivity index (χ2n) is 8.73. The molecule has 5 rings (SSSR count). The number of fused-ring (bicyclic) bond motifs is 2. The van der Waals surface area contributed by atoms with Crippen LogP contribution >= 0.6 is 0 Å². The number of methoxy groups -OCH3 is 1. The van der Waals surface area contributed by atoms with Gasteiger partial charge in [0.25, 0.3) is 0 Å². The maximum atomic E-state index is 11.5. The highest BCUT2D eigenvalue weighted by atomic mass is 16.5. The minimum Gasteiger partial charge on any atom is -0.493 e. The first-order chi connectivity index (χ1) is 16.1. The summed E-state index contributed by atoms with van der Waals surface area (Å²) in [6.07, 6.45) is 7.75. The van der Waals surface area contributed by atoms with Gasteiger partial charge in [-0.3, -0.25) is 4.79 Å². The number of ether oxygens (including phenoxy) is 2. The van der Waals surface area contributed by atoms with E-state index >= 15 is 0 Å². The lowest BCUT2D eigenvalue weighted by molar-refractivity contribution is -0.118. The second kappa shape index (κ2) is 8.73. The van der Waals surface area contributed by atoms with Crippen molar-refractivity contribution in [3.8, 4) is 11.5 Å². The van der Waals surface area contributed by atoms with Crippen molar-refractivity contribution >= 4 is 28.3 Å². The molecule has 1 aromatic heterocycles. The SMILES string of the molecule is C=CC(=O)NC1CC(Oc2cc3c(Nc4ccc(C)c5c4CCC5)ncnc3cc2OC)C1. The molecule has 1 fully saturated rings. The Bertz CT molecular complexity index is 1230. The molecule has 2 aliphatic carbocycles. The third-order valence-corrected chi connectivity index (χ3v) is 6.61. The average molecular weight is 445 g/mol. The van der Waals surface area contributed by atoms with Gasteiger partial charge in [-0.15, -0.1) is 0 Å². The predicted octanol–water partition coefficient (Wildman–Crippen LogP) is 4.39. The predicted molar refractivity (Wildman–Crippen MR) is 128 cm³/mol. The van der Waals surface area contributed by atoms with Crippen molar-refractivity contribution in [2.75, 3.05) is 12.4 Å². The summed E-state index contributed by atoms with van der Waals surface area (Å²) < 4.78 is 11.8. The van der Waals surface area contributed by atoms with Gasteiger partial charge in [0.1, 0.15) is 18.2 Å². The number of benzene rings is 2. The second-order valence-corrected chi connectivity index (χ2v) is 8.73. The molecule has 0 radical (unpaired) electrons. The lowest BCUT2D eigenvalue weighted by Gasteiger charge is -2.35. The minimum atomic E-state index is -0.155. The molecule has 7 nitrogen and oxygen atoms in total. The number of nitrogens with zero attached hydrogens (tertiary/aromatic N) is 2. The van der Waals surface area contributed by atoms with Crippen LogP contribution in [0.4, 0.5) is 11.5 Å². The first-order valence-corrected chi connectivity index (χ1v) is 11.4. The minimum absolute atomic E-state index is 0.00729. The van der Waals surface area contributed by atoms with Crippen LogP contribution in [0.25, 0.3) is 10.9 Å². The number of hydrogen-bond acceptors (Lipinski definition) is 6. The fourth-order valence-electron chi connectivity index (χ4n) is 4.76. The van der Waals surface area contributed by atoms with E-state index in [0.29, 0.717) is 11.5 Å². The summed E-state index contributed by atoms with van der Waals surface area (Å²) >= 11 is 0. The van der Waals surface area contributed by atoms with E-state index in [4.69, 9.17) is 9.47 Å². The van der Waals surface area contributed by atoms with Gasteiger partial charge in [0, 0.05) is 36.0 Å². The Kier molecular flexibility index (Phi) is 5.62. The molecule has 2 aromatic carbocycles. The molecule has 1 saturated carbocycles. The van der Waals surface area contributed by atoms with E-state index in [1.54, 1.807) is 13.4 Å². The van der Waals surface area contributed by atoms with Crippen molar-refractivity contribution in [3.63, 3.8) is 0 Å². The molecule has 0 spiro atoms. The number of carbonyl (C=O) groups is 1. The highest BCUT2D eigenvalue weighted by Gasteiger charge is 2.32. The van der Waals surface area contributed by atoms with Gasteiger partial charge >= 0.3 is 0 Å². The van der Waals surface area contributed by atoms with Gasteiger partial charge in [-0.2, -0.15) is 0 Å². The van der Waals surface area contributed by atoms with Crippen LogP contribution in [-0.4, -0.2) is 35.1 Å². The highest BCUT2D eigenvalue weighted by Crippen LogP contribution is 2.39. The third-order valence-electron chi connectivity index (χ3n) is 6.61. The molecule has 0 unspecified atom stereocenters. The van der Waals surface area contributed by atoms with Gasteiger partial charge in [-0.05, 0) is 61.1 Å². The molecule has 2 aliphatic rings. The molecule has 7 heteroatoms. The Balaban J connectivity index is 1.42. The number of aromatic nitrogens is 2. The van der Waals surface area contributed by atoms with Crippen LogP contribution in [-0.2, 0) is 17.6 Å². The monoisotopic (exact) mass is 444 g/mol. The van der Waals surface area contributed by atoms with Crippen molar-refractivity contribution in [2.45, 2.75) is 51.2 Å². The third kappa shape index (κ3) is 4.11. The lowest BCUT2D eigenvalue weighted by atomic mass is 9.89. The van der Waals surface area contributed by atoms with E-state index in [0.717, 1.165) is 48.1 Å². The summed E-state index contributed by atoms with van der Waals surface area (Å²) in [6.45, 7) is 5.67. The van der Waals surface area contributed by atoms with Crippen molar-refractivity contribution in [2.24, 2.45) is 0 Å². The number of amides is 1. The Hall–Kier alpha value is -3.61. The van der Waals surface area contributed by atoms with Crippen LogP contribution in [0.2, 0.25) is 0 Å². The largest absolute Gasteiger partial charge is 0.493 e. The fourth-order valence-corrected chi connectivity index (χ4v) is 4.76. The number of nitrogens with one attached hydrogen (secondary N) is 2. The number of rotatable bonds is 7. The Labute approximate surface area is 193 Å². The highest BCUT2D eigenvalue weighted by molar-refractivity contribution is 5.93. The fraction of sp³-hybridized carbons (Fsp3) is 0.346. The number of anilines is 2. The zero-order valence-corrected chi connectivity index (χ0v) is 19.0. The van der Waals surface area contributed by atoms with Crippen LogP contribution in [0, 0.1) is 6.92 Å². The van der Waals surface area contributed by atoms with E-state index in [1.165, 1.54) is 29.2 Å². The van der Waals surface area contributed by atoms with Gasteiger partial charge in [0.05, 0.1) is 12.6 Å². The van der Waals surface area contributed by atoms with Gasteiger partial charge < -0.3 is 20.1 Å². The first-order valence-electron chi connectivity index (χ1n) is 11.4. The van der Waals surface area contributed by atoms with Crippen LogP contribution in [0.5, 0.6) is 11.5 Å². The summed E-state index contributed by atoms with van der Waals surface area (Å²) in [4.78, 5) is 20.5. The molecule has 3 aromatic rings. The molecule has 1 amide bonds. The van der Waals surface area contributed by atoms with Crippen LogP contribution < -0.4 is 20.1 Å². The van der Waals surface area contributed by atoms with E-state index in [1.807, 2.05) is 12.1 Å². The molecule has 2 N–H and O–H groups in total. The average Bonchev–Trinajstić information content (AvgIpc) is 3.30. The molecule has 170 valence electrons. The molecule has 0 saturated heterocycles. The maximum Gasteiger partial charge on any atom is 0.243 e. The Morgan fingerprint density at radius 2 is 1.97 bits per heavy atom. The molecule has 0 atom stereocenters. The Morgan fingerprint density at radius 3 is 2.76 bits per heavy atom. The summed E-state index contributed by atoms with van der Waals surface area (Å²) in [5.74, 6) is 1.87. The van der Waals surface area contributed by atoms with Crippen molar-refractivity contribution < 1.29 is 14.3 Å². The van der Waals surface area contributed by atoms with E-state index in [2.05, 4.69) is 46.2 Å². The summed E-state index contributed by atoms with van der Waals surface area (Å²) in [5, 5.41) is 7.33. The zero-order valence-electron chi connectivity index (χ0n) is 19.0. The summed E-state index contributed by atoms with van der Waals surface area (Å²) in [5.41, 5.74) is 6.07. The van der Waals surface area contributed by atoms with Gasteiger partial charge in [0.15, 0.2) is 11.5 Å². The van der Waals surface area contributed by atoms with E-state index < -0.39 is 0 Å². The van der Waals surface area contributed by atoms with Gasteiger partial charge in [0.2, 0.25) is 5.91 Å². The first kappa shape index (κ1) is 21.2. The van der Waals surface area contributed by atoms with Crippen LogP contribution in [0.1, 0.15) is 36.0 Å². The number of hydrogen-bond donors (Lipinski definition) is 2. The Morgan fingerprint density at radius 1 is 1.15 bits per heavy atom. The summed E-state index contributed by atoms with van der Waals surface area (Å²) in [6, 6.07) is 8.25. The molecule has 0 aliphatic heterocycles. The zero-order chi connectivity index (χ0) is 22.9. The molecule has 1 heterocycles. The maximum absolute atomic E-state index is 11.5. The van der Waals surface area contributed by atoms with E-state index in [-0.39, 0.29) is 18.1 Å². The molecular formula is C26H28N4O3. The smallest absolute Gasteiger partial charge is 0.243 e. The van der Waals surface area contributed by atoms with Crippen LogP contribution in [0.15, 0.2) is 43.2 Å². The van der Waals surface area contributed by atoms with Crippen LogP contribution in [0.3, 0.4) is 0 Å². The standard InChI is InChI=1S/C26H28N4O3/c1-4-25(31)29-16-10-17(11-16)33-24-12-20-22(13-23(24)32-3)27-14-28-26(20)30-21-9-8-15(2)18-6-5-7-19(18)21/h4,8-9,12-14,16-17H,1,5-7,10-11H2,2-3H3,(H,29,31)(H,27,28,30). The van der Waals surface area contributed by atoms with Crippen molar-refractivity contribution in [1.29, 1.82) is 0 Å². The quantitative estimate of drug-likeness (QED) is 0.526. The molecular weight excluding hydrogens is 416 g/mol. The topological polar surface area (TPSA) is 85.4 Å². The number of carbonyl (C=O) groups excluding carboxylic acids is 1.